The molecule has 4 heterocycles. The lowest BCUT2D eigenvalue weighted by Crippen LogP contribution is -2.10. The molecule has 0 aliphatic rings. The van der Waals surface area contributed by atoms with Crippen molar-refractivity contribution in [1.82, 2.24) is 29.2 Å². The molecule has 4 aromatic heterocycles. The van der Waals surface area contributed by atoms with Crippen LogP contribution in [-0.2, 0) is 4.74 Å². The summed E-state index contributed by atoms with van der Waals surface area (Å²) in [5, 5.41) is 19.5. The third-order valence-electron chi connectivity index (χ3n) is 6.43. The number of benzene rings is 2. The zero-order valence-electron chi connectivity index (χ0n) is 24.2. The molecule has 16 heteroatoms. The highest BCUT2D eigenvalue weighted by atomic mass is 35.5. The number of nitrogens with zero attached hydrogens (tertiary/aromatic N) is 6. The van der Waals surface area contributed by atoms with E-state index in [-0.39, 0.29) is 23.5 Å². The number of methoxy groups -OCH3 is 2. The number of aromatic carboxylic acids is 1. The maximum atomic E-state index is 12.0. The average molecular weight is 704 g/mol. The van der Waals surface area contributed by atoms with Crippen LogP contribution in [0.1, 0.15) is 27.6 Å². The molecule has 0 aliphatic carbocycles. The first-order chi connectivity index (χ1) is 22.1. The van der Waals surface area contributed by atoms with Crippen molar-refractivity contribution < 1.29 is 28.9 Å². The van der Waals surface area contributed by atoms with Crippen LogP contribution < -0.4 is 9.47 Å². The molecule has 2 aromatic carbocycles. The van der Waals surface area contributed by atoms with E-state index in [0.29, 0.717) is 54.1 Å². The van der Waals surface area contributed by atoms with Crippen molar-refractivity contribution in [3.63, 3.8) is 0 Å². The smallest absolute Gasteiger partial charge is 0.343 e. The molecule has 0 saturated carbocycles. The number of carbonyl (C=O) groups excluding carboxylic acids is 1. The number of fused-ring (bicyclic) bond motifs is 2. The van der Waals surface area contributed by atoms with Gasteiger partial charge in [0.1, 0.15) is 11.1 Å². The second-order valence-corrected chi connectivity index (χ2v) is 11.0. The van der Waals surface area contributed by atoms with Crippen molar-refractivity contribution in [2.45, 2.75) is 6.92 Å². The van der Waals surface area contributed by atoms with E-state index in [1.165, 1.54) is 31.1 Å². The summed E-state index contributed by atoms with van der Waals surface area (Å²) in [6, 6.07) is 10.2. The molecule has 0 fully saturated rings. The Morgan fingerprint density at radius 1 is 0.696 bits per heavy atom. The Morgan fingerprint density at radius 2 is 1.11 bits per heavy atom. The van der Waals surface area contributed by atoms with Gasteiger partial charge in [-0.05, 0) is 43.3 Å². The molecular formula is C30H22Cl4N6O6. The zero-order chi connectivity index (χ0) is 33.1. The molecule has 0 bridgehead atoms. The van der Waals surface area contributed by atoms with E-state index < -0.39 is 11.9 Å². The minimum atomic E-state index is -1.14. The van der Waals surface area contributed by atoms with E-state index >= 15 is 0 Å². The zero-order valence-corrected chi connectivity index (χ0v) is 27.2. The van der Waals surface area contributed by atoms with Crippen molar-refractivity contribution in [3.05, 3.63) is 92.4 Å². The number of carboxylic acids is 1. The quantitative estimate of drug-likeness (QED) is 0.168. The van der Waals surface area contributed by atoms with Crippen LogP contribution in [-0.4, -0.2) is 67.1 Å². The van der Waals surface area contributed by atoms with Crippen LogP contribution in [0.2, 0.25) is 20.1 Å². The second-order valence-electron chi connectivity index (χ2n) is 9.28. The number of rotatable bonds is 7. The van der Waals surface area contributed by atoms with Crippen LogP contribution in [0, 0.1) is 0 Å². The van der Waals surface area contributed by atoms with E-state index in [2.05, 4.69) is 20.2 Å². The molecule has 12 nitrogen and oxygen atoms in total. The standard InChI is InChI=1S/C16H13Cl2N3O3.C14H9Cl2N3O3/c1-3-24-16(22)12-7-20-21-13(8-19-15(21)14(12)23-2)9-4-10(17)6-11(18)5-9;1-22-12-10(14(20)21)5-18-19-11(6-17-13(12)19)7-2-8(15)4-9(16)3-7/h4-8H,3H2,1-2H3;2-6H,1H3,(H,20,21). The molecule has 0 unspecified atom stereocenters. The van der Waals surface area contributed by atoms with Gasteiger partial charge in [-0.3, -0.25) is 0 Å². The minimum absolute atomic E-state index is 0.0590. The fourth-order valence-corrected chi connectivity index (χ4v) is 5.58. The summed E-state index contributed by atoms with van der Waals surface area (Å²) < 4.78 is 18.6. The number of carboxylic acid groups (broad SMARTS) is 1. The molecule has 46 heavy (non-hydrogen) atoms. The van der Waals surface area contributed by atoms with Crippen LogP contribution in [0.3, 0.4) is 0 Å². The monoisotopic (exact) mass is 702 g/mol. The van der Waals surface area contributed by atoms with Crippen LogP contribution in [0.15, 0.2) is 61.2 Å². The van der Waals surface area contributed by atoms with Gasteiger partial charge in [-0.15, -0.1) is 0 Å². The fraction of sp³-hybridized carbons (Fsp3) is 0.133. The lowest BCUT2D eigenvalue weighted by atomic mass is 10.2. The molecule has 0 saturated heterocycles. The van der Waals surface area contributed by atoms with Crippen molar-refractivity contribution in [1.29, 1.82) is 0 Å². The number of ether oxygens (including phenoxy) is 3. The van der Waals surface area contributed by atoms with Crippen molar-refractivity contribution in [2.75, 3.05) is 20.8 Å². The summed E-state index contributed by atoms with van der Waals surface area (Å²) >= 11 is 24.1. The fourth-order valence-electron chi connectivity index (χ4n) is 4.53. The number of halogens is 4. The van der Waals surface area contributed by atoms with Crippen molar-refractivity contribution in [3.8, 4) is 34.0 Å². The third kappa shape index (κ3) is 6.51. The second kappa shape index (κ2) is 13.8. The van der Waals surface area contributed by atoms with E-state index in [0.717, 1.165) is 5.56 Å². The first-order valence-corrected chi connectivity index (χ1v) is 14.7. The van der Waals surface area contributed by atoms with Gasteiger partial charge < -0.3 is 19.3 Å². The first-order valence-electron chi connectivity index (χ1n) is 13.2. The van der Waals surface area contributed by atoms with E-state index in [4.69, 9.17) is 65.7 Å². The molecule has 0 aliphatic heterocycles. The van der Waals surface area contributed by atoms with Gasteiger partial charge in [0.05, 0.1) is 57.0 Å². The van der Waals surface area contributed by atoms with E-state index in [1.54, 1.807) is 60.2 Å². The minimum Gasteiger partial charge on any atom is -0.492 e. The Balaban J connectivity index is 0.000000182. The van der Waals surface area contributed by atoms with Crippen LogP contribution in [0.4, 0.5) is 0 Å². The van der Waals surface area contributed by atoms with Crippen LogP contribution >= 0.6 is 46.4 Å². The van der Waals surface area contributed by atoms with Gasteiger partial charge in [0, 0.05) is 31.2 Å². The maximum Gasteiger partial charge on any atom is 0.343 e. The number of aromatic nitrogens is 6. The lowest BCUT2D eigenvalue weighted by molar-refractivity contribution is 0.0521. The molecule has 6 aromatic rings. The highest BCUT2D eigenvalue weighted by molar-refractivity contribution is 6.35. The van der Waals surface area contributed by atoms with Gasteiger partial charge in [0.15, 0.2) is 22.8 Å². The number of hydrogen-bond donors (Lipinski definition) is 1. The summed E-state index contributed by atoms with van der Waals surface area (Å²) in [5.74, 6) is -1.22. The van der Waals surface area contributed by atoms with Gasteiger partial charge in [-0.1, -0.05) is 46.4 Å². The maximum absolute atomic E-state index is 12.0. The van der Waals surface area contributed by atoms with Crippen LogP contribution in [0.25, 0.3) is 33.8 Å². The highest BCUT2D eigenvalue weighted by Crippen LogP contribution is 2.32. The average Bonchev–Trinajstić information content (AvgIpc) is 3.64. The predicted octanol–water partition coefficient (Wildman–Crippen LogP) is 7.30. The molecule has 0 radical (unpaired) electrons. The van der Waals surface area contributed by atoms with Gasteiger partial charge in [-0.25, -0.2) is 28.6 Å². The summed E-state index contributed by atoms with van der Waals surface area (Å²) in [6.07, 6.45) is 5.77. The summed E-state index contributed by atoms with van der Waals surface area (Å²) in [6.45, 7) is 1.99. The highest BCUT2D eigenvalue weighted by Gasteiger charge is 2.22. The third-order valence-corrected chi connectivity index (χ3v) is 7.30. The first kappa shape index (κ1) is 32.8. The van der Waals surface area contributed by atoms with Gasteiger partial charge in [-0.2, -0.15) is 10.2 Å². The largest absolute Gasteiger partial charge is 0.492 e. The number of hydrogen-bond acceptors (Lipinski definition) is 9. The molecule has 0 spiro atoms. The molecule has 0 atom stereocenters. The molecular weight excluding hydrogens is 682 g/mol. The lowest BCUT2D eigenvalue weighted by Gasteiger charge is -2.09. The molecule has 6 rings (SSSR count). The van der Waals surface area contributed by atoms with Crippen molar-refractivity contribution >= 4 is 69.6 Å². The number of carbonyl (C=O) groups is 2. The number of esters is 1. The Hall–Kier alpha value is -4.62. The SMILES string of the molecule is CCOC(=O)c1cnn2c(-c3cc(Cl)cc(Cl)c3)cnc2c1OC.COc1c(C(=O)O)cnn2c(-c3cc(Cl)cc(Cl)c3)cnc12. The molecule has 236 valence electrons. The topological polar surface area (TPSA) is 142 Å². The summed E-state index contributed by atoms with van der Waals surface area (Å²) in [5.41, 5.74) is 3.60. The predicted molar refractivity (Wildman–Crippen MR) is 173 cm³/mol. The Labute approximate surface area is 281 Å². The van der Waals surface area contributed by atoms with Crippen molar-refractivity contribution in [2.24, 2.45) is 0 Å². The summed E-state index contributed by atoms with van der Waals surface area (Å²) in [4.78, 5) is 31.7. The summed E-state index contributed by atoms with van der Waals surface area (Å²) in [7, 11) is 2.84. The Morgan fingerprint density at radius 3 is 1.50 bits per heavy atom. The number of imidazole rings is 2. The van der Waals surface area contributed by atoms with Gasteiger partial charge in [0.2, 0.25) is 0 Å². The van der Waals surface area contributed by atoms with Gasteiger partial charge >= 0.3 is 11.9 Å². The Bertz CT molecular complexity index is 2080. The molecule has 1 N–H and O–H groups in total. The molecule has 0 amide bonds. The van der Waals surface area contributed by atoms with E-state index in [1.807, 2.05) is 0 Å². The Kier molecular flexibility index (Phi) is 9.82. The van der Waals surface area contributed by atoms with Crippen LogP contribution in [0.5, 0.6) is 11.5 Å². The normalized spacial score (nSPS) is 10.8. The van der Waals surface area contributed by atoms with Gasteiger partial charge in [0.25, 0.3) is 0 Å². The van der Waals surface area contributed by atoms with E-state index in [9.17, 15) is 9.59 Å².